The molecule has 0 atom stereocenters. The number of fused-ring (bicyclic) bond motifs is 1. The van der Waals surface area contributed by atoms with E-state index in [1.165, 1.54) is 15.6 Å². The molecule has 0 spiro atoms. The van der Waals surface area contributed by atoms with Gasteiger partial charge in [-0.05, 0) is 24.4 Å². The van der Waals surface area contributed by atoms with Crippen molar-refractivity contribution in [1.29, 1.82) is 0 Å². The molecule has 0 saturated carbocycles. The molecule has 0 unspecified atom stereocenters. The van der Waals surface area contributed by atoms with E-state index in [-0.39, 0.29) is 0 Å². The van der Waals surface area contributed by atoms with Crippen molar-refractivity contribution in [3.63, 3.8) is 0 Å². The van der Waals surface area contributed by atoms with Crippen molar-refractivity contribution in [3.05, 3.63) is 41.2 Å². The number of hydrogen-bond donors (Lipinski definition) is 2. The molecule has 86 valence electrons. The third-order valence-corrected chi connectivity index (χ3v) is 3.64. The second-order valence-corrected chi connectivity index (χ2v) is 4.81. The van der Waals surface area contributed by atoms with Crippen LogP contribution >= 0.6 is 11.3 Å². The standard InChI is InChI=1S/C12H12N4S/c1-8-9(7-15-16-8)6-14-12-10-3-5-17-11(10)2-4-13-12/h2-5,7H,6H2,1H3,(H,13,14)(H,15,16). The van der Waals surface area contributed by atoms with Crippen LogP contribution in [0, 0.1) is 6.92 Å². The third-order valence-electron chi connectivity index (χ3n) is 2.76. The highest BCUT2D eigenvalue weighted by molar-refractivity contribution is 7.17. The van der Waals surface area contributed by atoms with Gasteiger partial charge in [-0.15, -0.1) is 11.3 Å². The van der Waals surface area contributed by atoms with Gasteiger partial charge in [-0.1, -0.05) is 0 Å². The molecule has 4 nitrogen and oxygen atoms in total. The van der Waals surface area contributed by atoms with Crippen LogP contribution in [0.2, 0.25) is 0 Å². The van der Waals surface area contributed by atoms with E-state index in [9.17, 15) is 0 Å². The lowest BCUT2D eigenvalue weighted by atomic mass is 10.2. The highest BCUT2D eigenvalue weighted by atomic mass is 32.1. The molecule has 0 radical (unpaired) electrons. The predicted octanol–water partition coefficient (Wildman–Crippen LogP) is 2.94. The van der Waals surface area contributed by atoms with Crippen LogP contribution in [0.5, 0.6) is 0 Å². The Morgan fingerprint density at radius 2 is 2.35 bits per heavy atom. The first-order valence-electron chi connectivity index (χ1n) is 5.39. The molecule has 3 rings (SSSR count). The highest BCUT2D eigenvalue weighted by Crippen LogP contribution is 2.26. The van der Waals surface area contributed by atoms with E-state index in [0.717, 1.165) is 18.1 Å². The molecule has 5 heteroatoms. The second-order valence-electron chi connectivity index (χ2n) is 3.87. The summed E-state index contributed by atoms with van der Waals surface area (Å²) in [6.07, 6.45) is 3.68. The van der Waals surface area contributed by atoms with E-state index < -0.39 is 0 Å². The minimum absolute atomic E-state index is 0.740. The van der Waals surface area contributed by atoms with Gasteiger partial charge in [0, 0.05) is 34.1 Å². The van der Waals surface area contributed by atoms with E-state index in [2.05, 4.69) is 31.9 Å². The summed E-state index contributed by atoms with van der Waals surface area (Å²) in [6.45, 7) is 2.76. The molecule has 3 aromatic heterocycles. The molecule has 0 aliphatic carbocycles. The van der Waals surface area contributed by atoms with Gasteiger partial charge in [0.25, 0.3) is 0 Å². The molecule has 2 N–H and O–H groups in total. The molecule has 0 bridgehead atoms. The molecular formula is C12H12N4S. The number of anilines is 1. The number of H-pyrrole nitrogens is 1. The van der Waals surface area contributed by atoms with Gasteiger partial charge >= 0.3 is 0 Å². The SMILES string of the molecule is Cc1[nH]ncc1CNc1nccc2sccc12. The first-order chi connectivity index (χ1) is 8.34. The minimum atomic E-state index is 0.740. The summed E-state index contributed by atoms with van der Waals surface area (Å²) < 4.78 is 1.26. The fraction of sp³-hybridized carbons (Fsp3) is 0.167. The van der Waals surface area contributed by atoms with Gasteiger partial charge in [0.15, 0.2) is 0 Å². The number of aromatic nitrogens is 3. The molecule has 0 aliphatic rings. The smallest absolute Gasteiger partial charge is 0.134 e. The Kier molecular flexibility index (Phi) is 2.53. The lowest BCUT2D eigenvalue weighted by Gasteiger charge is -2.05. The molecular weight excluding hydrogens is 232 g/mol. The number of aromatic amines is 1. The number of pyridine rings is 1. The summed E-state index contributed by atoms with van der Waals surface area (Å²) in [4.78, 5) is 4.37. The van der Waals surface area contributed by atoms with Crippen LogP contribution in [0.3, 0.4) is 0 Å². The average molecular weight is 244 g/mol. The van der Waals surface area contributed by atoms with E-state index in [1.54, 1.807) is 11.3 Å². The normalized spacial score (nSPS) is 10.9. The van der Waals surface area contributed by atoms with E-state index in [1.807, 2.05) is 25.4 Å². The quantitative estimate of drug-likeness (QED) is 0.744. The van der Waals surface area contributed by atoms with Crippen molar-refractivity contribution >= 4 is 27.2 Å². The molecule has 17 heavy (non-hydrogen) atoms. The zero-order valence-corrected chi connectivity index (χ0v) is 10.2. The number of thiophene rings is 1. The van der Waals surface area contributed by atoms with Gasteiger partial charge < -0.3 is 5.32 Å². The van der Waals surface area contributed by atoms with E-state index in [4.69, 9.17) is 0 Å². The Morgan fingerprint density at radius 1 is 1.41 bits per heavy atom. The van der Waals surface area contributed by atoms with Gasteiger partial charge in [0.05, 0.1) is 6.20 Å². The summed E-state index contributed by atoms with van der Waals surface area (Å²) in [6, 6.07) is 4.13. The van der Waals surface area contributed by atoms with Crippen LogP contribution in [-0.2, 0) is 6.54 Å². The zero-order valence-electron chi connectivity index (χ0n) is 9.40. The van der Waals surface area contributed by atoms with Gasteiger partial charge in [-0.3, -0.25) is 5.10 Å². The molecule has 0 aliphatic heterocycles. The predicted molar refractivity (Wildman–Crippen MR) is 70.3 cm³/mol. The van der Waals surface area contributed by atoms with Crippen LogP contribution in [0.15, 0.2) is 29.9 Å². The fourth-order valence-electron chi connectivity index (χ4n) is 1.77. The Bertz CT molecular complexity index is 641. The number of hydrogen-bond acceptors (Lipinski definition) is 4. The number of rotatable bonds is 3. The summed E-state index contributed by atoms with van der Waals surface area (Å²) in [5.41, 5.74) is 2.26. The maximum absolute atomic E-state index is 4.37. The van der Waals surface area contributed by atoms with E-state index in [0.29, 0.717) is 0 Å². The van der Waals surface area contributed by atoms with E-state index >= 15 is 0 Å². The zero-order chi connectivity index (χ0) is 11.7. The Labute approximate surface area is 103 Å². The van der Waals surface area contributed by atoms with Crippen LogP contribution in [-0.4, -0.2) is 15.2 Å². The Balaban J connectivity index is 1.86. The van der Waals surface area contributed by atoms with Crippen molar-refractivity contribution in [3.8, 4) is 0 Å². The lowest BCUT2D eigenvalue weighted by Crippen LogP contribution is -2.01. The average Bonchev–Trinajstić information content (AvgIpc) is 2.95. The first-order valence-corrected chi connectivity index (χ1v) is 6.27. The van der Waals surface area contributed by atoms with Gasteiger partial charge in [0.2, 0.25) is 0 Å². The van der Waals surface area contributed by atoms with Gasteiger partial charge in [0.1, 0.15) is 5.82 Å². The van der Waals surface area contributed by atoms with Crippen molar-refractivity contribution in [2.24, 2.45) is 0 Å². The van der Waals surface area contributed by atoms with Crippen LogP contribution < -0.4 is 5.32 Å². The molecule has 0 aromatic carbocycles. The number of nitrogens with one attached hydrogen (secondary N) is 2. The monoisotopic (exact) mass is 244 g/mol. The van der Waals surface area contributed by atoms with Crippen molar-refractivity contribution < 1.29 is 0 Å². The second kappa shape index (κ2) is 4.18. The van der Waals surface area contributed by atoms with Crippen molar-refractivity contribution in [1.82, 2.24) is 15.2 Å². The Morgan fingerprint density at radius 3 is 3.18 bits per heavy atom. The van der Waals surface area contributed by atoms with Crippen molar-refractivity contribution in [2.45, 2.75) is 13.5 Å². The summed E-state index contributed by atoms with van der Waals surface area (Å²) in [5, 5.41) is 13.5. The third kappa shape index (κ3) is 1.89. The first kappa shape index (κ1) is 10.3. The maximum Gasteiger partial charge on any atom is 0.134 e. The summed E-state index contributed by atoms with van der Waals surface area (Å²) >= 11 is 1.73. The topological polar surface area (TPSA) is 53.6 Å². The fourth-order valence-corrected chi connectivity index (χ4v) is 2.55. The van der Waals surface area contributed by atoms with Crippen LogP contribution in [0.25, 0.3) is 10.1 Å². The largest absolute Gasteiger partial charge is 0.365 e. The highest BCUT2D eigenvalue weighted by Gasteiger charge is 2.04. The minimum Gasteiger partial charge on any atom is -0.365 e. The van der Waals surface area contributed by atoms with Crippen molar-refractivity contribution in [2.75, 3.05) is 5.32 Å². The molecule has 0 saturated heterocycles. The molecule has 3 aromatic rings. The maximum atomic E-state index is 4.37. The van der Waals surface area contributed by atoms with Gasteiger partial charge in [-0.25, -0.2) is 4.98 Å². The number of aryl methyl sites for hydroxylation is 1. The molecule has 0 fully saturated rings. The van der Waals surface area contributed by atoms with Crippen LogP contribution in [0.4, 0.5) is 5.82 Å². The Hall–Kier alpha value is -1.88. The number of nitrogens with zero attached hydrogens (tertiary/aromatic N) is 2. The molecule has 3 heterocycles. The lowest BCUT2D eigenvalue weighted by molar-refractivity contribution is 1.04. The summed E-state index contributed by atoms with van der Waals surface area (Å²) in [5.74, 6) is 0.935. The van der Waals surface area contributed by atoms with Gasteiger partial charge in [-0.2, -0.15) is 5.10 Å². The van der Waals surface area contributed by atoms with Crippen LogP contribution in [0.1, 0.15) is 11.3 Å². The summed E-state index contributed by atoms with van der Waals surface area (Å²) in [7, 11) is 0. The molecule has 0 amide bonds.